The minimum atomic E-state index is -0.183. The molecule has 5 rings (SSSR count). The molecule has 2 atom stereocenters. The molecule has 0 saturated heterocycles. The summed E-state index contributed by atoms with van der Waals surface area (Å²) in [6, 6.07) is 23.0. The number of amides is 1. The number of nitrogens with zero attached hydrogens (tertiary/aromatic N) is 2. The van der Waals surface area contributed by atoms with Crippen molar-refractivity contribution in [1.29, 1.82) is 0 Å². The van der Waals surface area contributed by atoms with Crippen molar-refractivity contribution >= 4 is 29.3 Å². The maximum Gasteiger partial charge on any atom is 0.274 e. The normalized spacial score (nSPS) is 19.9. The zero-order valence-corrected chi connectivity index (χ0v) is 21.9. The molecule has 190 valence electrons. The van der Waals surface area contributed by atoms with E-state index in [0.29, 0.717) is 23.8 Å². The van der Waals surface area contributed by atoms with Crippen molar-refractivity contribution in [2.45, 2.75) is 39.2 Å². The number of benzene rings is 3. The lowest BCUT2D eigenvalue weighted by molar-refractivity contribution is 0.0681. The smallest absolute Gasteiger partial charge is 0.274 e. The molecule has 1 fully saturated rings. The van der Waals surface area contributed by atoms with Gasteiger partial charge in [0.2, 0.25) is 0 Å². The fourth-order valence-corrected chi connectivity index (χ4v) is 5.31. The van der Waals surface area contributed by atoms with E-state index in [1.54, 1.807) is 29.3 Å². The monoisotopic (exact) mass is 514 g/mol. The van der Waals surface area contributed by atoms with Crippen molar-refractivity contribution in [2.75, 3.05) is 13.2 Å². The Morgan fingerprint density at radius 2 is 1.57 bits per heavy atom. The zero-order valence-electron chi connectivity index (χ0n) is 21.2. The number of hydrazone groups is 1. The summed E-state index contributed by atoms with van der Waals surface area (Å²) in [5.74, 6) is 1.68. The first kappa shape index (κ1) is 25.1. The summed E-state index contributed by atoms with van der Waals surface area (Å²) in [6.07, 6.45) is 5.15. The first-order chi connectivity index (χ1) is 18.1. The molecule has 0 N–H and O–H groups in total. The lowest BCUT2D eigenvalue weighted by atomic mass is 9.77. The third-order valence-electron chi connectivity index (χ3n) is 6.87. The molecule has 1 aliphatic carbocycles. The van der Waals surface area contributed by atoms with E-state index < -0.39 is 0 Å². The third kappa shape index (κ3) is 5.42. The number of allylic oxidation sites excluding steroid dienone is 1. The molecule has 37 heavy (non-hydrogen) atoms. The Kier molecular flexibility index (Phi) is 7.61. The second-order valence-corrected chi connectivity index (χ2v) is 9.70. The van der Waals surface area contributed by atoms with E-state index in [0.717, 1.165) is 47.6 Å². The van der Waals surface area contributed by atoms with Crippen LogP contribution in [0.3, 0.4) is 0 Å². The van der Waals surface area contributed by atoms with Crippen LogP contribution in [0, 0.1) is 5.92 Å². The molecule has 0 bridgehead atoms. The number of ether oxygens (including phenoxy) is 2. The van der Waals surface area contributed by atoms with E-state index in [1.165, 1.54) is 5.57 Å². The van der Waals surface area contributed by atoms with Crippen LogP contribution in [0.15, 0.2) is 83.5 Å². The van der Waals surface area contributed by atoms with Crippen LogP contribution >= 0.6 is 11.6 Å². The lowest BCUT2D eigenvalue weighted by Crippen LogP contribution is -2.31. The Hall–Kier alpha value is -3.57. The summed E-state index contributed by atoms with van der Waals surface area (Å²) in [5.41, 5.74) is 4.91. The van der Waals surface area contributed by atoms with E-state index in [1.807, 2.05) is 38.1 Å². The first-order valence-electron chi connectivity index (χ1n) is 12.9. The second-order valence-electron chi connectivity index (χ2n) is 9.26. The van der Waals surface area contributed by atoms with Crippen LogP contribution in [-0.2, 0) is 0 Å². The van der Waals surface area contributed by atoms with E-state index in [-0.39, 0.29) is 17.9 Å². The fraction of sp³-hybridized carbons (Fsp3) is 0.290. The second kappa shape index (κ2) is 11.2. The highest BCUT2D eigenvalue weighted by Gasteiger charge is 2.44. The number of hydrogen-bond acceptors (Lipinski definition) is 4. The molecule has 0 aromatic heterocycles. The number of halogens is 1. The maximum absolute atomic E-state index is 13.7. The van der Waals surface area contributed by atoms with Crippen LogP contribution < -0.4 is 9.47 Å². The van der Waals surface area contributed by atoms with Gasteiger partial charge in [0.25, 0.3) is 5.91 Å². The molecular weight excluding hydrogens is 484 g/mol. The molecule has 6 heteroatoms. The van der Waals surface area contributed by atoms with Gasteiger partial charge in [0.05, 0.1) is 25.0 Å². The molecule has 0 unspecified atom stereocenters. The van der Waals surface area contributed by atoms with Gasteiger partial charge >= 0.3 is 0 Å². The SMILES string of the molecule is CCOc1ccc(/C=C2\CCC[C@@H]3C2=NN(C(=O)c2ccc(Cl)cc2)[C@H]3c2ccc(OCC)cc2)cc1. The van der Waals surface area contributed by atoms with Gasteiger partial charge < -0.3 is 9.47 Å². The summed E-state index contributed by atoms with van der Waals surface area (Å²) in [5, 5.41) is 7.27. The first-order valence-corrected chi connectivity index (χ1v) is 13.3. The van der Waals surface area contributed by atoms with Crippen molar-refractivity contribution in [3.8, 4) is 11.5 Å². The largest absolute Gasteiger partial charge is 0.494 e. The quantitative estimate of drug-likeness (QED) is 0.326. The van der Waals surface area contributed by atoms with Crippen LogP contribution in [0.1, 0.15) is 60.6 Å². The van der Waals surface area contributed by atoms with Crippen molar-refractivity contribution in [1.82, 2.24) is 5.01 Å². The molecule has 0 radical (unpaired) electrons. The van der Waals surface area contributed by atoms with Gasteiger partial charge in [0, 0.05) is 16.5 Å². The maximum atomic E-state index is 13.7. The minimum absolute atomic E-state index is 0.122. The van der Waals surface area contributed by atoms with E-state index in [2.05, 4.69) is 30.3 Å². The van der Waals surface area contributed by atoms with Crippen molar-refractivity contribution in [3.05, 3.63) is 100 Å². The number of carbonyl (C=O) groups is 1. The van der Waals surface area contributed by atoms with Gasteiger partial charge in [-0.2, -0.15) is 5.10 Å². The van der Waals surface area contributed by atoms with Gasteiger partial charge in [0.1, 0.15) is 11.5 Å². The molecule has 1 saturated carbocycles. The van der Waals surface area contributed by atoms with Crippen LogP contribution in [0.2, 0.25) is 5.02 Å². The zero-order chi connectivity index (χ0) is 25.8. The molecular formula is C31H31ClN2O3. The van der Waals surface area contributed by atoms with Gasteiger partial charge in [-0.3, -0.25) is 4.79 Å². The summed E-state index contributed by atoms with van der Waals surface area (Å²) in [6.45, 7) is 5.20. The Bertz CT molecular complexity index is 1300. The fourth-order valence-electron chi connectivity index (χ4n) is 5.18. The topological polar surface area (TPSA) is 51.1 Å². The third-order valence-corrected chi connectivity index (χ3v) is 7.12. The highest BCUT2D eigenvalue weighted by Crippen LogP contribution is 2.45. The standard InChI is InChI=1S/C31H31ClN2O3/c1-3-36-26-16-8-21(9-17-26)20-24-6-5-7-28-29(24)33-34(31(35)23-10-14-25(32)15-11-23)30(28)22-12-18-27(19-13-22)37-4-2/h8-20,28,30H,3-7H2,1-2H3/b24-20+/t28-,30+/m1/s1. The van der Waals surface area contributed by atoms with E-state index in [4.69, 9.17) is 26.2 Å². The van der Waals surface area contributed by atoms with Crippen LogP contribution in [0.4, 0.5) is 0 Å². The average molecular weight is 515 g/mol. The van der Waals surface area contributed by atoms with Gasteiger partial charge in [-0.15, -0.1) is 0 Å². The molecule has 3 aromatic carbocycles. The molecule has 5 nitrogen and oxygen atoms in total. The number of fused-ring (bicyclic) bond motifs is 1. The summed E-state index contributed by atoms with van der Waals surface area (Å²) >= 11 is 6.08. The van der Waals surface area contributed by atoms with E-state index in [9.17, 15) is 4.79 Å². The van der Waals surface area contributed by atoms with Crippen molar-refractivity contribution in [3.63, 3.8) is 0 Å². The molecule has 3 aromatic rings. The number of rotatable bonds is 7. The molecule has 1 aliphatic heterocycles. The highest BCUT2D eigenvalue weighted by molar-refractivity contribution is 6.30. The van der Waals surface area contributed by atoms with Gasteiger partial charge in [-0.25, -0.2) is 5.01 Å². The Morgan fingerprint density at radius 3 is 2.19 bits per heavy atom. The van der Waals surface area contributed by atoms with Gasteiger partial charge in [-0.1, -0.05) is 35.9 Å². The average Bonchev–Trinajstić information content (AvgIpc) is 3.31. The van der Waals surface area contributed by atoms with Crippen LogP contribution in [-0.4, -0.2) is 29.8 Å². The van der Waals surface area contributed by atoms with E-state index >= 15 is 0 Å². The predicted molar refractivity (Wildman–Crippen MR) is 148 cm³/mol. The Morgan fingerprint density at radius 1 is 0.946 bits per heavy atom. The van der Waals surface area contributed by atoms with Crippen LogP contribution in [0.5, 0.6) is 11.5 Å². The molecule has 2 aliphatic rings. The van der Waals surface area contributed by atoms with Gasteiger partial charge in [0.15, 0.2) is 0 Å². The van der Waals surface area contributed by atoms with Crippen molar-refractivity contribution < 1.29 is 14.3 Å². The molecule has 1 heterocycles. The highest BCUT2D eigenvalue weighted by atomic mass is 35.5. The molecule has 0 spiro atoms. The van der Waals surface area contributed by atoms with Crippen molar-refractivity contribution in [2.24, 2.45) is 11.0 Å². The Balaban J connectivity index is 1.52. The van der Waals surface area contributed by atoms with Crippen LogP contribution in [0.25, 0.3) is 6.08 Å². The lowest BCUT2D eigenvalue weighted by Gasteiger charge is -2.29. The summed E-state index contributed by atoms with van der Waals surface area (Å²) in [7, 11) is 0. The minimum Gasteiger partial charge on any atom is -0.494 e. The predicted octanol–water partition coefficient (Wildman–Crippen LogP) is 7.57. The number of carbonyl (C=O) groups excluding carboxylic acids is 1. The number of hydrogen-bond donors (Lipinski definition) is 0. The van der Waals surface area contributed by atoms with Gasteiger partial charge in [-0.05, 0) is 104 Å². The molecule has 1 amide bonds. The summed E-state index contributed by atoms with van der Waals surface area (Å²) < 4.78 is 11.2. The Labute approximate surface area is 223 Å². The summed E-state index contributed by atoms with van der Waals surface area (Å²) in [4.78, 5) is 13.7.